The minimum Gasteiger partial charge on any atom is -0.347 e. The van der Waals surface area contributed by atoms with Crippen molar-refractivity contribution in [3.8, 4) is 11.3 Å². The van der Waals surface area contributed by atoms with Crippen molar-refractivity contribution in [2.45, 2.75) is 6.54 Å². The molecule has 2 aromatic carbocycles. The predicted octanol–water partition coefficient (Wildman–Crippen LogP) is 3.80. The Kier molecular flexibility index (Phi) is 4.39. The van der Waals surface area contributed by atoms with E-state index in [9.17, 15) is 9.18 Å². The van der Waals surface area contributed by atoms with Gasteiger partial charge >= 0.3 is 0 Å². The van der Waals surface area contributed by atoms with Crippen molar-refractivity contribution in [3.05, 3.63) is 76.7 Å². The largest absolute Gasteiger partial charge is 0.347 e. The van der Waals surface area contributed by atoms with Crippen LogP contribution in [0.5, 0.6) is 0 Å². The topological polar surface area (TPSA) is 57.8 Å². The molecule has 0 aliphatic rings. The zero-order valence-corrected chi connectivity index (χ0v) is 12.8. The number of aromatic amines is 1. The molecule has 2 N–H and O–H groups in total. The van der Waals surface area contributed by atoms with E-state index < -0.39 is 0 Å². The lowest BCUT2D eigenvalue weighted by Gasteiger charge is -2.03. The van der Waals surface area contributed by atoms with Gasteiger partial charge in [0, 0.05) is 17.1 Å². The number of nitrogens with one attached hydrogen (secondary N) is 2. The summed E-state index contributed by atoms with van der Waals surface area (Å²) in [6.45, 7) is 0.365. The van der Waals surface area contributed by atoms with Crippen molar-refractivity contribution in [2.75, 3.05) is 0 Å². The van der Waals surface area contributed by atoms with Crippen molar-refractivity contribution in [1.82, 2.24) is 15.5 Å². The molecule has 116 valence electrons. The van der Waals surface area contributed by atoms with E-state index in [4.69, 9.17) is 11.6 Å². The van der Waals surface area contributed by atoms with Crippen LogP contribution in [-0.2, 0) is 6.54 Å². The average molecular weight is 330 g/mol. The zero-order valence-electron chi connectivity index (χ0n) is 12.0. The highest BCUT2D eigenvalue weighted by atomic mass is 35.5. The first-order chi connectivity index (χ1) is 11.1. The van der Waals surface area contributed by atoms with Crippen LogP contribution in [-0.4, -0.2) is 16.1 Å². The van der Waals surface area contributed by atoms with Gasteiger partial charge in [-0.1, -0.05) is 23.7 Å². The molecule has 6 heteroatoms. The van der Waals surface area contributed by atoms with Gasteiger partial charge < -0.3 is 5.32 Å². The lowest BCUT2D eigenvalue weighted by Crippen LogP contribution is -2.23. The average Bonchev–Trinajstić information content (AvgIpc) is 3.03. The molecule has 4 nitrogen and oxygen atoms in total. The second-order valence-corrected chi connectivity index (χ2v) is 5.42. The Balaban J connectivity index is 1.67. The normalized spacial score (nSPS) is 10.5. The molecule has 0 saturated heterocycles. The van der Waals surface area contributed by atoms with E-state index in [1.165, 1.54) is 12.1 Å². The third-order valence-electron chi connectivity index (χ3n) is 3.30. The van der Waals surface area contributed by atoms with E-state index in [0.29, 0.717) is 23.0 Å². The van der Waals surface area contributed by atoms with Crippen LogP contribution < -0.4 is 5.32 Å². The standard InChI is InChI=1S/C17H13ClFN3O/c18-13-3-1-2-11(8-13)10-20-17(23)16-9-15(21-22-16)12-4-6-14(19)7-5-12/h1-9H,10H2,(H,20,23)(H,21,22). The van der Waals surface area contributed by atoms with E-state index in [-0.39, 0.29) is 11.7 Å². The molecule has 1 amide bonds. The molecule has 1 aromatic heterocycles. The quantitative estimate of drug-likeness (QED) is 0.765. The Morgan fingerprint density at radius 3 is 2.70 bits per heavy atom. The Morgan fingerprint density at radius 2 is 1.96 bits per heavy atom. The van der Waals surface area contributed by atoms with Crippen molar-refractivity contribution < 1.29 is 9.18 Å². The van der Waals surface area contributed by atoms with Gasteiger partial charge in [-0.3, -0.25) is 9.89 Å². The van der Waals surface area contributed by atoms with E-state index in [1.54, 1.807) is 30.3 Å². The Labute approximate surface area is 137 Å². The first kappa shape index (κ1) is 15.2. The fourth-order valence-electron chi connectivity index (χ4n) is 2.13. The van der Waals surface area contributed by atoms with Gasteiger partial charge in [0.05, 0.1) is 5.69 Å². The fraction of sp³-hybridized carbons (Fsp3) is 0.0588. The number of H-pyrrole nitrogens is 1. The first-order valence-electron chi connectivity index (χ1n) is 6.96. The van der Waals surface area contributed by atoms with Gasteiger partial charge in [-0.15, -0.1) is 0 Å². The molecule has 1 heterocycles. The number of nitrogens with zero attached hydrogens (tertiary/aromatic N) is 1. The van der Waals surface area contributed by atoms with Gasteiger partial charge in [0.25, 0.3) is 5.91 Å². The molecule has 0 fully saturated rings. The first-order valence-corrected chi connectivity index (χ1v) is 7.33. The Bertz CT molecular complexity index is 830. The van der Waals surface area contributed by atoms with Gasteiger partial charge in [-0.05, 0) is 48.0 Å². The van der Waals surface area contributed by atoms with E-state index >= 15 is 0 Å². The summed E-state index contributed by atoms with van der Waals surface area (Å²) in [6, 6.07) is 14.8. The second kappa shape index (κ2) is 6.62. The molecule has 0 aliphatic carbocycles. The SMILES string of the molecule is O=C(NCc1cccc(Cl)c1)c1cc(-c2ccc(F)cc2)n[nH]1. The van der Waals surface area contributed by atoms with E-state index in [2.05, 4.69) is 15.5 Å². The molecule has 0 unspecified atom stereocenters. The number of hydrogen-bond acceptors (Lipinski definition) is 2. The molecule has 0 atom stereocenters. The van der Waals surface area contributed by atoms with Crippen LogP contribution in [0.25, 0.3) is 11.3 Å². The minimum atomic E-state index is -0.316. The fourth-order valence-corrected chi connectivity index (χ4v) is 2.34. The summed E-state index contributed by atoms with van der Waals surface area (Å²) < 4.78 is 12.9. The lowest BCUT2D eigenvalue weighted by atomic mass is 10.1. The van der Waals surface area contributed by atoms with Crippen LogP contribution in [0.3, 0.4) is 0 Å². The number of halogens is 2. The molecular weight excluding hydrogens is 317 g/mol. The van der Waals surface area contributed by atoms with E-state index in [1.807, 2.05) is 12.1 Å². The lowest BCUT2D eigenvalue weighted by molar-refractivity contribution is 0.0946. The van der Waals surface area contributed by atoms with E-state index in [0.717, 1.165) is 11.1 Å². The van der Waals surface area contributed by atoms with Crippen molar-refractivity contribution in [1.29, 1.82) is 0 Å². The van der Waals surface area contributed by atoms with Crippen molar-refractivity contribution in [3.63, 3.8) is 0 Å². The highest BCUT2D eigenvalue weighted by molar-refractivity contribution is 6.30. The van der Waals surface area contributed by atoms with Gasteiger partial charge in [0.15, 0.2) is 0 Å². The van der Waals surface area contributed by atoms with Gasteiger partial charge in [0.1, 0.15) is 11.5 Å². The molecule has 23 heavy (non-hydrogen) atoms. The zero-order chi connectivity index (χ0) is 16.2. The van der Waals surface area contributed by atoms with Crippen LogP contribution >= 0.6 is 11.6 Å². The number of rotatable bonds is 4. The molecule has 0 radical (unpaired) electrons. The molecule has 0 saturated carbocycles. The van der Waals surface area contributed by atoms with Gasteiger partial charge in [0.2, 0.25) is 0 Å². The third kappa shape index (κ3) is 3.76. The Morgan fingerprint density at radius 1 is 1.17 bits per heavy atom. The second-order valence-electron chi connectivity index (χ2n) is 4.99. The van der Waals surface area contributed by atoms with Gasteiger partial charge in [-0.25, -0.2) is 4.39 Å². The summed E-state index contributed by atoms with van der Waals surface area (Å²) in [6.07, 6.45) is 0. The molecule has 3 rings (SSSR count). The van der Waals surface area contributed by atoms with Crippen LogP contribution in [0.4, 0.5) is 4.39 Å². The maximum Gasteiger partial charge on any atom is 0.269 e. The molecule has 0 aliphatic heterocycles. The van der Waals surface area contributed by atoms with Gasteiger partial charge in [-0.2, -0.15) is 5.10 Å². The smallest absolute Gasteiger partial charge is 0.269 e. The van der Waals surface area contributed by atoms with Crippen LogP contribution in [0.1, 0.15) is 16.1 Å². The summed E-state index contributed by atoms with van der Waals surface area (Å²) >= 11 is 5.90. The monoisotopic (exact) mass is 329 g/mol. The predicted molar refractivity (Wildman–Crippen MR) is 86.6 cm³/mol. The Hall–Kier alpha value is -2.66. The number of carbonyl (C=O) groups excluding carboxylic acids is 1. The summed E-state index contributed by atoms with van der Waals surface area (Å²) in [5.41, 5.74) is 2.56. The highest BCUT2D eigenvalue weighted by Gasteiger charge is 2.11. The number of hydrogen-bond donors (Lipinski definition) is 2. The van der Waals surface area contributed by atoms with Crippen LogP contribution in [0, 0.1) is 5.82 Å². The molecule has 0 spiro atoms. The van der Waals surface area contributed by atoms with Crippen molar-refractivity contribution >= 4 is 17.5 Å². The summed E-state index contributed by atoms with van der Waals surface area (Å²) in [5, 5.41) is 10.2. The summed E-state index contributed by atoms with van der Waals surface area (Å²) in [7, 11) is 0. The summed E-state index contributed by atoms with van der Waals surface area (Å²) in [5.74, 6) is -0.588. The molecular formula is C17H13ClFN3O. The molecule has 0 bridgehead atoms. The maximum absolute atomic E-state index is 12.9. The number of amides is 1. The number of carbonyl (C=O) groups is 1. The number of benzene rings is 2. The number of aromatic nitrogens is 2. The summed E-state index contributed by atoms with van der Waals surface area (Å²) in [4.78, 5) is 12.1. The highest BCUT2D eigenvalue weighted by Crippen LogP contribution is 2.18. The van der Waals surface area contributed by atoms with Crippen LogP contribution in [0.2, 0.25) is 5.02 Å². The van der Waals surface area contributed by atoms with Crippen LogP contribution in [0.15, 0.2) is 54.6 Å². The van der Waals surface area contributed by atoms with Crippen molar-refractivity contribution in [2.24, 2.45) is 0 Å². The maximum atomic E-state index is 12.9. The third-order valence-corrected chi connectivity index (χ3v) is 3.54. The molecule has 3 aromatic rings. The minimum absolute atomic E-state index is 0.272.